The maximum atomic E-state index is 5.99. The van der Waals surface area contributed by atoms with Crippen LogP contribution >= 0.6 is 22.9 Å². The minimum absolute atomic E-state index is 0.480. The largest absolute Gasteiger partial charge is 0.355 e. The molecule has 2 aromatic heterocycles. The Hall–Kier alpha value is -1.10. The number of aryl methyl sites for hydroxylation is 1. The van der Waals surface area contributed by atoms with Crippen LogP contribution in [0.4, 0.5) is 5.82 Å². The highest BCUT2D eigenvalue weighted by atomic mass is 35.5. The second-order valence-electron chi connectivity index (χ2n) is 5.57. The van der Waals surface area contributed by atoms with Crippen LogP contribution in [0.1, 0.15) is 30.0 Å². The molecular formula is C16H22ClN3S. The van der Waals surface area contributed by atoms with E-state index < -0.39 is 0 Å². The van der Waals surface area contributed by atoms with Crippen LogP contribution < -0.4 is 10.2 Å². The summed E-state index contributed by atoms with van der Waals surface area (Å²) >= 11 is 7.60. The average molecular weight is 324 g/mol. The summed E-state index contributed by atoms with van der Waals surface area (Å²) in [4.78, 5) is 8.04. The molecule has 1 N–H and O–H groups in total. The highest BCUT2D eigenvalue weighted by Gasteiger charge is 2.08. The second-order valence-corrected chi connectivity index (χ2v) is 7.37. The lowest BCUT2D eigenvalue weighted by Gasteiger charge is -2.19. The van der Waals surface area contributed by atoms with Crippen molar-refractivity contribution in [1.82, 2.24) is 10.3 Å². The van der Waals surface area contributed by atoms with Crippen molar-refractivity contribution in [3.8, 4) is 0 Å². The number of aromatic nitrogens is 1. The van der Waals surface area contributed by atoms with Crippen LogP contribution in [-0.2, 0) is 13.1 Å². The zero-order valence-electron chi connectivity index (χ0n) is 13.0. The summed E-state index contributed by atoms with van der Waals surface area (Å²) in [6.45, 7) is 8.04. The number of halogens is 1. The van der Waals surface area contributed by atoms with E-state index >= 15 is 0 Å². The van der Waals surface area contributed by atoms with Gasteiger partial charge in [0.2, 0.25) is 0 Å². The number of thiophene rings is 1. The molecule has 0 atom stereocenters. The first-order chi connectivity index (χ1) is 9.94. The van der Waals surface area contributed by atoms with Crippen molar-refractivity contribution in [3.63, 3.8) is 0 Å². The third-order valence-electron chi connectivity index (χ3n) is 3.13. The first-order valence-corrected chi connectivity index (χ1v) is 8.30. The summed E-state index contributed by atoms with van der Waals surface area (Å²) in [5.74, 6) is 1.00. The van der Waals surface area contributed by atoms with E-state index in [1.54, 1.807) is 11.3 Å². The van der Waals surface area contributed by atoms with Gasteiger partial charge in [-0.05, 0) is 36.8 Å². The van der Waals surface area contributed by atoms with Gasteiger partial charge in [0.15, 0.2) is 0 Å². The van der Waals surface area contributed by atoms with Gasteiger partial charge in [0.05, 0.1) is 10.9 Å². The lowest BCUT2D eigenvalue weighted by Crippen LogP contribution is -2.23. The molecule has 0 saturated heterocycles. The molecule has 0 fully saturated rings. The van der Waals surface area contributed by atoms with Crippen molar-refractivity contribution in [2.24, 2.45) is 0 Å². The molecule has 0 aromatic carbocycles. The van der Waals surface area contributed by atoms with Crippen molar-refractivity contribution >= 4 is 28.8 Å². The van der Waals surface area contributed by atoms with Gasteiger partial charge in [-0.1, -0.05) is 25.4 Å². The molecule has 114 valence electrons. The Morgan fingerprint density at radius 1 is 1.33 bits per heavy atom. The van der Waals surface area contributed by atoms with E-state index in [1.807, 2.05) is 13.0 Å². The standard InChI is InChI=1S/C16H22ClN3S/c1-11(2)18-9-13-7-12(3)19-16(8-13)20(4)10-14-5-6-15(17)21-14/h5-8,11,18H,9-10H2,1-4H3. The number of pyridine rings is 1. The predicted molar refractivity (Wildman–Crippen MR) is 92.4 cm³/mol. The summed E-state index contributed by atoms with van der Waals surface area (Å²) in [6.07, 6.45) is 0. The molecule has 0 aliphatic rings. The Morgan fingerprint density at radius 2 is 2.10 bits per heavy atom. The minimum Gasteiger partial charge on any atom is -0.355 e. The van der Waals surface area contributed by atoms with Crippen LogP contribution in [0.25, 0.3) is 0 Å². The smallest absolute Gasteiger partial charge is 0.129 e. The van der Waals surface area contributed by atoms with Crippen LogP contribution in [0.15, 0.2) is 24.3 Å². The monoisotopic (exact) mass is 323 g/mol. The van der Waals surface area contributed by atoms with Gasteiger partial charge in [-0.15, -0.1) is 11.3 Å². The highest BCUT2D eigenvalue weighted by Crippen LogP contribution is 2.24. The molecular weight excluding hydrogens is 302 g/mol. The van der Waals surface area contributed by atoms with Crippen LogP contribution in [0.5, 0.6) is 0 Å². The van der Waals surface area contributed by atoms with Crippen molar-refractivity contribution in [3.05, 3.63) is 44.7 Å². The van der Waals surface area contributed by atoms with Gasteiger partial charge in [-0.2, -0.15) is 0 Å². The number of anilines is 1. The van der Waals surface area contributed by atoms with Gasteiger partial charge in [0.25, 0.3) is 0 Å². The van der Waals surface area contributed by atoms with Gasteiger partial charge in [0.1, 0.15) is 5.82 Å². The number of nitrogens with zero attached hydrogens (tertiary/aromatic N) is 2. The summed E-state index contributed by atoms with van der Waals surface area (Å²) in [5, 5.41) is 3.45. The van der Waals surface area contributed by atoms with Crippen molar-refractivity contribution < 1.29 is 0 Å². The fourth-order valence-electron chi connectivity index (χ4n) is 2.09. The lowest BCUT2D eigenvalue weighted by molar-refractivity contribution is 0.588. The quantitative estimate of drug-likeness (QED) is 0.861. The molecule has 2 heterocycles. The van der Waals surface area contributed by atoms with E-state index in [2.05, 4.69) is 54.3 Å². The van der Waals surface area contributed by atoms with Crippen molar-refractivity contribution in [2.75, 3.05) is 11.9 Å². The maximum absolute atomic E-state index is 5.99. The first-order valence-electron chi connectivity index (χ1n) is 7.10. The molecule has 21 heavy (non-hydrogen) atoms. The topological polar surface area (TPSA) is 28.2 Å². The molecule has 0 saturated carbocycles. The third-order valence-corrected chi connectivity index (χ3v) is 4.34. The van der Waals surface area contributed by atoms with Gasteiger partial charge in [-0.25, -0.2) is 4.98 Å². The normalized spacial score (nSPS) is 11.1. The number of hydrogen-bond donors (Lipinski definition) is 1. The van der Waals surface area contributed by atoms with Gasteiger partial charge >= 0.3 is 0 Å². The molecule has 0 unspecified atom stereocenters. The average Bonchev–Trinajstić information content (AvgIpc) is 2.81. The zero-order valence-corrected chi connectivity index (χ0v) is 14.6. The molecule has 2 aromatic rings. The Kier molecular flexibility index (Phi) is 5.62. The van der Waals surface area contributed by atoms with Gasteiger partial charge in [-0.3, -0.25) is 0 Å². The van der Waals surface area contributed by atoms with E-state index in [1.165, 1.54) is 10.4 Å². The molecule has 0 spiro atoms. The number of hydrogen-bond acceptors (Lipinski definition) is 4. The fourth-order valence-corrected chi connectivity index (χ4v) is 3.23. The molecule has 3 nitrogen and oxygen atoms in total. The van der Waals surface area contributed by atoms with Crippen molar-refractivity contribution in [1.29, 1.82) is 0 Å². The lowest BCUT2D eigenvalue weighted by atomic mass is 10.2. The minimum atomic E-state index is 0.480. The van der Waals surface area contributed by atoms with E-state index in [-0.39, 0.29) is 0 Å². The molecule has 0 aliphatic heterocycles. The summed E-state index contributed by atoms with van der Waals surface area (Å²) < 4.78 is 0.831. The van der Waals surface area contributed by atoms with Crippen LogP contribution in [-0.4, -0.2) is 18.1 Å². The molecule has 5 heteroatoms. The summed E-state index contributed by atoms with van der Waals surface area (Å²) in [6, 6.07) is 8.78. The van der Waals surface area contributed by atoms with E-state index in [4.69, 9.17) is 11.6 Å². The fraction of sp³-hybridized carbons (Fsp3) is 0.438. The third kappa shape index (κ3) is 4.99. The Labute approximate surface area is 136 Å². The van der Waals surface area contributed by atoms with E-state index in [0.29, 0.717) is 6.04 Å². The Morgan fingerprint density at radius 3 is 2.71 bits per heavy atom. The summed E-state index contributed by atoms with van der Waals surface area (Å²) in [5.41, 5.74) is 2.31. The molecule has 0 amide bonds. The molecule has 0 aliphatic carbocycles. The van der Waals surface area contributed by atoms with Crippen LogP contribution in [0.3, 0.4) is 0 Å². The molecule has 0 radical (unpaired) electrons. The first kappa shape index (κ1) is 16.3. The number of rotatable bonds is 6. The van der Waals surface area contributed by atoms with Gasteiger partial charge < -0.3 is 10.2 Å². The van der Waals surface area contributed by atoms with Crippen molar-refractivity contribution in [2.45, 2.75) is 39.9 Å². The SMILES string of the molecule is Cc1cc(CNC(C)C)cc(N(C)Cc2ccc(Cl)s2)n1. The van der Waals surface area contributed by atoms with Gasteiger partial charge in [0, 0.05) is 30.2 Å². The zero-order chi connectivity index (χ0) is 15.4. The van der Waals surface area contributed by atoms with E-state index in [9.17, 15) is 0 Å². The molecule has 0 bridgehead atoms. The predicted octanol–water partition coefficient (Wildman–Crippen LogP) is 4.24. The van der Waals surface area contributed by atoms with E-state index in [0.717, 1.165) is 28.9 Å². The maximum Gasteiger partial charge on any atom is 0.129 e. The van der Waals surface area contributed by atoms with Crippen LogP contribution in [0.2, 0.25) is 4.34 Å². The Balaban J connectivity index is 2.10. The Bertz CT molecular complexity index is 595. The highest BCUT2D eigenvalue weighted by molar-refractivity contribution is 7.16. The summed E-state index contributed by atoms with van der Waals surface area (Å²) in [7, 11) is 2.06. The molecule has 2 rings (SSSR count). The van der Waals surface area contributed by atoms with Crippen LogP contribution in [0, 0.1) is 6.92 Å². The number of nitrogens with one attached hydrogen (secondary N) is 1. The second kappa shape index (κ2) is 7.25.